The van der Waals surface area contributed by atoms with Crippen molar-refractivity contribution in [2.45, 2.75) is 45.4 Å². The van der Waals surface area contributed by atoms with E-state index in [1.165, 1.54) is 6.33 Å². The first-order valence-corrected chi connectivity index (χ1v) is 12.7. The van der Waals surface area contributed by atoms with Gasteiger partial charge in [-0.3, -0.25) is 4.79 Å². The zero-order valence-electron chi connectivity index (χ0n) is 21.2. The van der Waals surface area contributed by atoms with E-state index in [0.29, 0.717) is 46.3 Å². The van der Waals surface area contributed by atoms with Gasteiger partial charge in [0, 0.05) is 42.2 Å². The average Bonchev–Trinajstić information content (AvgIpc) is 3.57. The van der Waals surface area contributed by atoms with Crippen molar-refractivity contribution in [3.63, 3.8) is 0 Å². The molecule has 1 fully saturated rings. The fourth-order valence-electron chi connectivity index (χ4n) is 4.73. The van der Waals surface area contributed by atoms with Crippen molar-refractivity contribution in [3.05, 3.63) is 48.2 Å². The molecule has 0 bridgehead atoms. The predicted octanol–water partition coefficient (Wildman–Crippen LogP) is 5.92. The highest BCUT2D eigenvalue weighted by Gasteiger charge is 2.18. The molecule has 37 heavy (non-hydrogen) atoms. The van der Waals surface area contributed by atoms with E-state index in [1.807, 2.05) is 11.8 Å². The third-order valence-corrected chi connectivity index (χ3v) is 6.68. The number of likely N-dealkylation sites (tertiary alicyclic amines) is 1. The van der Waals surface area contributed by atoms with Crippen LogP contribution < -0.4 is 14.2 Å². The molecule has 1 saturated heterocycles. The fraction of sp³-hybridized carbons (Fsp3) is 0.393. The monoisotopic (exact) mass is 506 g/mol. The first-order chi connectivity index (χ1) is 18.0. The second kappa shape index (κ2) is 11.0. The zero-order chi connectivity index (χ0) is 25.8. The number of benzene rings is 2. The van der Waals surface area contributed by atoms with Crippen LogP contribution >= 0.6 is 0 Å². The minimum absolute atomic E-state index is 0.0778. The minimum atomic E-state index is -0.456. The van der Waals surface area contributed by atoms with Crippen molar-refractivity contribution in [2.75, 3.05) is 26.8 Å². The number of halogens is 1. The highest BCUT2D eigenvalue weighted by atomic mass is 19.1. The van der Waals surface area contributed by atoms with E-state index in [1.54, 1.807) is 37.4 Å². The zero-order valence-corrected chi connectivity index (χ0v) is 21.2. The number of aromatic amines is 1. The smallest absolute Gasteiger partial charge is 0.230 e. The molecule has 8 nitrogen and oxygen atoms in total. The molecule has 0 radical (unpaired) electrons. The Kier molecular flexibility index (Phi) is 7.39. The third-order valence-electron chi connectivity index (χ3n) is 6.68. The molecular formula is C28H31FN4O4. The van der Waals surface area contributed by atoms with Crippen molar-refractivity contribution in [1.29, 1.82) is 0 Å². The lowest BCUT2D eigenvalue weighted by atomic mass is 10.2. The lowest BCUT2D eigenvalue weighted by Gasteiger charge is -2.15. The van der Waals surface area contributed by atoms with Gasteiger partial charge < -0.3 is 24.1 Å². The Labute approximate surface area is 214 Å². The molecule has 0 spiro atoms. The number of H-pyrrole nitrogens is 1. The summed E-state index contributed by atoms with van der Waals surface area (Å²) in [7, 11) is 1.56. The standard InChI is InChI=1S/C28H31FN4O4/c1-18-14-19-21(32-18)9-10-23(27(19)29)37-28-20-15-24(35-2)25(16-22(20)30-17-31-28)36-13-7-3-4-8-26(34)33-11-5-6-12-33/h9-10,14-17,32H,3-8,11-13H2,1-2H3. The van der Waals surface area contributed by atoms with Gasteiger partial charge in [-0.1, -0.05) is 0 Å². The van der Waals surface area contributed by atoms with Gasteiger partial charge >= 0.3 is 0 Å². The quantitative estimate of drug-likeness (QED) is 0.269. The minimum Gasteiger partial charge on any atom is -0.493 e. The van der Waals surface area contributed by atoms with Crippen LogP contribution in [-0.2, 0) is 4.79 Å². The number of nitrogens with zero attached hydrogens (tertiary/aromatic N) is 3. The lowest BCUT2D eigenvalue weighted by molar-refractivity contribution is -0.130. The van der Waals surface area contributed by atoms with Gasteiger partial charge in [0.05, 0.1) is 24.6 Å². The second-order valence-corrected chi connectivity index (χ2v) is 9.34. The summed E-state index contributed by atoms with van der Waals surface area (Å²) in [6.07, 6.45) is 6.79. The Bertz CT molecular complexity index is 1410. The summed E-state index contributed by atoms with van der Waals surface area (Å²) in [5, 5.41) is 1.04. The number of hydrogen-bond acceptors (Lipinski definition) is 6. The van der Waals surface area contributed by atoms with Crippen LogP contribution in [0, 0.1) is 12.7 Å². The summed E-state index contributed by atoms with van der Waals surface area (Å²) < 4.78 is 32.5. The number of carbonyl (C=O) groups is 1. The van der Waals surface area contributed by atoms with Crippen molar-refractivity contribution in [2.24, 2.45) is 0 Å². The van der Waals surface area contributed by atoms with E-state index in [0.717, 1.165) is 50.9 Å². The van der Waals surface area contributed by atoms with Crippen LogP contribution in [0.25, 0.3) is 21.8 Å². The number of carbonyl (C=O) groups excluding carboxylic acids is 1. The van der Waals surface area contributed by atoms with Gasteiger partial charge in [-0.2, -0.15) is 0 Å². The van der Waals surface area contributed by atoms with E-state index in [-0.39, 0.29) is 17.5 Å². The van der Waals surface area contributed by atoms with Crippen LogP contribution in [0.2, 0.25) is 0 Å². The number of unbranched alkanes of at least 4 members (excludes halogenated alkanes) is 2. The predicted molar refractivity (Wildman–Crippen MR) is 139 cm³/mol. The molecule has 9 heteroatoms. The van der Waals surface area contributed by atoms with Crippen LogP contribution in [0.4, 0.5) is 4.39 Å². The normalized spacial score (nSPS) is 13.4. The first kappa shape index (κ1) is 24.8. The van der Waals surface area contributed by atoms with E-state index in [4.69, 9.17) is 14.2 Å². The number of amides is 1. The maximum atomic E-state index is 15.1. The first-order valence-electron chi connectivity index (χ1n) is 12.7. The number of methoxy groups -OCH3 is 1. The molecule has 1 N–H and O–H groups in total. The molecule has 194 valence electrons. The highest BCUT2D eigenvalue weighted by Crippen LogP contribution is 2.37. The highest BCUT2D eigenvalue weighted by molar-refractivity contribution is 5.87. The van der Waals surface area contributed by atoms with Crippen molar-refractivity contribution in [3.8, 4) is 23.1 Å². The van der Waals surface area contributed by atoms with Crippen LogP contribution in [0.3, 0.4) is 0 Å². The molecule has 0 unspecified atom stereocenters. The number of ether oxygens (including phenoxy) is 3. The molecule has 5 rings (SSSR count). The lowest BCUT2D eigenvalue weighted by Crippen LogP contribution is -2.27. The molecule has 4 aromatic rings. The molecule has 2 aromatic carbocycles. The number of rotatable bonds is 10. The molecule has 1 aliphatic rings. The molecule has 0 aliphatic carbocycles. The van der Waals surface area contributed by atoms with Crippen LogP contribution in [0.1, 0.15) is 44.2 Å². The van der Waals surface area contributed by atoms with Crippen molar-refractivity contribution >= 4 is 27.7 Å². The summed E-state index contributed by atoms with van der Waals surface area (Å²) in [5.41, 5.74) is 2.17. The summed E-state index contributed by atoms with van der Waals surface area (Å²) in [6.45, 7) is 4.17. The van der Waals surface area contributed by atoms with E-state index in [2.05, 4.69) is 15.0 Å². The fourth-order valence-corrected chi connectivity index (χ4v) is 4.73. The summed E-state index contributed by atoms with van der Waals surface area (Å²) in [5.74, 6) is 1.17. The van der Waals surface area contributed by atoms with Gasteiger partial charge in [0.15, 0.2) is 23.1 Å². The maximum absolute atomic E-state index is 15.1. The Morgan fingerprint density at radius 1 is 1.03 bits per heavy atom. The Hall–Kier alpha value is -3.88. The Morgan fingerprint density at radius 3 is 2.68 bits per heavy atom. The largest absolute Gasteiger partial charge is 0.493 e. The van der Waals surface area contributed by atoms with Crippen LogP contribution in [0.15, 0.2) is 36.7 Å². The number of aromatic nitrogens is 3. The van der Waals surface area contributed by atoms with Gasteiger partial charge in [-0.15, -0.1) is 0 Å². The summed E-state index contributed by atoms with van der Waals surface area (Å²) in [4.78, 5) is 25.8. The van der Waals surface area contributed by atoms with Gasteiger partial charge in [-0.25, -0.2) is 14.4 Å². The second-order valence-electron chi connectivity index (χ2n) is 9.34. The van der Waals surface area contributed by atoms with Gasteiger partial charge in [0.1, 0.15) is 6.33 Å². The number of hydrogen-bond donors (Lipinski definition) is 1. The molecule has 1 amide bonds. The summed E-state index contributed by atoms with van der Waals surface area (Å²) in [6, 6.07) is 8.61. The summed E-state index contributed by atoms with van der Waals surface area (Å²) >= 11 is 0. The molecule has 1 aliphatic heterocycles. The molecule has 0 atom stereocenters. The van der Waals surface area contributed by atoms with Gasteiger partial charge in [0.2, 0.25) is 11.8 Å². The van der Waals surface area contributed by atoms with Crippen LogP contribution in [-0.4, -0.2) is 52.6 Å². The Morgan fingerprint density at radius 2 is 1.86 bits per heavy atom. The number of nitrogens with one attached hydrogen (secondary N) is 1. The average molecular weight is 507 g/mol. The van der Waals surface area contributed by atoms with Crippen molar-refractivity contribution < 1.29 is 23.4 Å². The van der Waals surface area contributed by atoms with Gasteiger partial charge in [0.25, 0.3) is 0 Å². The molecule has 0 saturated carbocycles. The topological polar surface area (TPSA) is 89.6 Å². The molecule has 2 aromatic heterocycles. The third kappa shape index (κ3) is 5.45. The van der Waals surface area contributed by atoms with Gasteiger partial charge in [-0.05, 0) is 63.3 Å². The van der Waals surface area contributed by atoms with E-state index in [9.17, 15) is 4.79 Å². The maximum Gasteiger partial charge on any atom is 0.230 e. The van der Waals surface area contributed by atoms with Crippen molar-refractivity contribution in [1.82, 2.24) is 19.9 Å². The van der Waals surface area contributed by atoms with Crippen LogP contribution in [0.5, 0.6) is 23.1 Å². The molecular weight excluding hydrogens is 475 g/mol. The molecule has 3 heterocycles. The number of fused-ring (bicyclic) bond motifs is 2. The number of aryl methyl sites for hydroxylation is 1. The Balaban J connectivity index is 1.24. The van der Waals surface area contributed by atoms with E-state index >= 15 is 4.39 Å². The van der Waals surface area contributed by atoms with E-state index < -0.39 is 5.82 Å². The SMILES string of the molecule is COc1cc2c(Oc3ccc4[nH]c(C)cc4c3F)ncnc2cc1OCCCCCC(=O)N1CCCC1.